The monoisotopic (exact) mass is 256 g/mol. The Morgan fingerprint density at radius 3 is 2.76 bits per heavy atom. The zero-order valence-electron chi connectivity index (χ0n) is 10.8. The molecule has 1 N–H and O–H groups in total. The van der Waals surface area contributed by atoms with Crippen molar-refractivity contribution in [2.45, 2.75) is 50.3 Å². The predicted molar refractivity (Wildman–Crippen MR) is 73.4 cm³/mol. The molecule has 2 saturated heterocycles. The minimum atomic E-state index is 0.299. The highest BCUT2D eigenvalue weighted by Crippen LogP contribution is 2.24. The summed E-state index contributed by atoms with van der Waals surface area (Å²) >= 11 is 2.03. The van der Waals surface area contributed by atoms with Crippen molar-refractivity contribution in [1.29, 1.82) is 0 Å². The van der Waals surface area contributed by atoms with Gasteiger partial charge in [-0.1, -0.05) is 6.92 Å². The molecule has 2 rings (SSSR count). The standard InChI is InChI=1S/C13H24N2OS/c1-11-12(6-5-9-17-11)14-10-13(16)15-7-3-2-4-8-15/h11-12,14H,2-10H2,1H3. The van der Waals surface area contributed by atoms with Gasteiger partial charge >= 0.3 is 0 Å². The van der Waals surface area contributed by atoms with E-state index in [1.807, 2.05) is 16.7 Å². The Morgan fingerprint density at radius 2 is 2.06 bits per heavy atom. The lowest BCUT2D eigenvalue weighted by Gasteiger charge is -2.31. The number of carbonyl (C=O) groups is 1. The summed E-state index contributed by atoms with van der Waals surface area (Å²) in [5.74, 6) is 1.58. The first-order valence-corrected chi connectivity index (χ1v) is 7.95. The number of likely N-dealkylation sites (tertiary alicyclic amines) is 1. The van der Waals surface area contributed by atoms with Crippen molar-refractivity contribution >= 4 is 17.7 Å². The van der Waals surface area contributed by atoms with Crippen molar-refractivity contribution in [1.82, 2.24) is 10.2 Å². The molecular formula is C13H24N2OS. The Balaban J connectivity index is 1.71. The van der Waals surface area contributed by atoms with E-state index in [0.717, 1.165) is 13.1 Å². The van der Waals surface area contributed by atoms with Crippen LogP contribution in [0.15, 0.2) is 0 Å². The Morgan fingerprint density at radius 1 is 1.29 bits per heavy atom. The molecule has 0 aromatic carbocycles. The van der Waals surface area contributed by atoms with E-state index in [-0.39, 0.29) is 0 Å². The van der Waals surface area contributed by atoms with Crippen molar-refractivity contribution in [3.8, 4) is 0 Å². The molecule has 2 aliphatic rings. The summed E-state index contributed by atoms with van der Waals surface area (Å²) in [6.45, 7) is 4.74. The van der Waals surface area contributed by atoms with Crippen molar-refractivity contribution in [2.24, 2.45) is 0 Å². The van der Waals surface area contributed by atoms with Crippen LogP contribution in [0.25, 0.3) is 0 Å². The van der Waals surface area contributed by atoms with Crippen LogP contribution in [0.3, 0.4) is 0 Å². The largest absolute Gasteiger partial charge is 0.342 e. The first kappa shape index (κ1) is 13.2. The fourth-order valence-electron chi connectivity index (χ4n) is 2.66. The minimum Gasteiger partial charge on any atom is -0.342 e. The molecule has 0 aromatic heterocycles. The first-order valence-electron chi connectivity index (χ1n) is 6.90. The van der Waals surface area contributed by atoms with E-state index in [9.17, 15) is 4.79 Å². The summed E-state index contributed by atoms with van der Waals surface area (Å²) in [5, 5.41) is 4.11. The van der Waals surface area contributed by atoms with Crippen molar-refractivity contribution < 1.29 is 4.79 Å². The van der Waals surface area contributed by atoms with E-state index < -0.39 is 0 Å². The van der Waals surface area contributed by atoms with Gasteiger partial charge in [-0.3, -0.25) is 4.79 Å². The van der Waals surface area contributed by atoms with E-state index >= 15 is 0 Å². The van der Waals surface area contributed by atoms with Crippen LogP contribution in [0.1, 0.15) is 39.0 Å². The van der Waals surface area contributed by atoms with Crippen LogP contribution in [0.5, 0.6) is 0 Å². The van der Waals surface area contributed by atoms with Gasteiger partial charge in [0.25, 0.3) is 0 Å². The maximum Gasteiger partial charge on any atom is 0.236 e. The van der Waals surface area contributed by atoms with Gasteiger partial charge in [0.05, 0.1) is 6.54 Å². The van der Waals surface area contributed by atoms with Gasteiger partial charge in [-0.15, -0.1) is 0 Å². The third-order valence-electron chi connectivity index (χ3n) is 3.83. The average molecular weight is 256 g/mol. The van der Waals surface area contributed by atoms with Gasteiger partial charge in [0, 0.05) is 24.4 Å². The number of amides is 1. The van der Waals surface area contributed by atoms with Gasteiger partial charge in [0.2, 0.25) is 5.91 Å². The Labute approximate surface area is 109 Å². The van der Waals surface area contributed by atoms with Gasteiger partial charge < -0.3 is 10.2 Å². The molecule has 2 aliphatic heterocycles. The molecule has 2 unspecified atom stereocenters. The van der Waals surface area contributed by atoms with Crippen LogP contribution >= 0.6 is 11.8 Å². The summed E-state index contributed by atoms with van der Waals surface area (Å²) in [5.41, 5.74) is 0. The molecule has 0 bridgehead atoms. The summed E-state index contributed by atoms with van der Waals surface area (Å²) in [6, 6.07) is 0.530. The van der Waals surface area contributed by atoms with E-state index in [0.29, 0.717) is 23.7 Å². The smallest absolute Gasteiger partial charge is 0.236 e. The maximum atomic E-state index is 12.0. The van der Waals surface area contributed by atoms with E-state index in [1.54, 1.807) is 0 Å². The Kier molecular flexibility index (Phi) is 5.16. The van der Waals surface area contributed by atoms with Crippen LogP contribution in [0.2, 0.25) is 0 Å². The second kappa shape index (κ2) is 6.64. The SMILES string of the molecule is CC1SCCCC1NCC(=O)N1CCCCC1. The Hall–Kier alpha value is -0.220. The predicted octanol–water partition coefficient (Wildman–Crippen LogP) is 1.87. The molecule has 0 aromatic rings. The number of thioether (sulfide) groups is 1. The molecule has 0 aliphatic carbocycles. The third-order valence-corrected chi connectivity index (χ3v) is 5.21. The first-order chi connectivity index (χ1) is 8.27. The summed E-state index contributed by atoms with van der Waals surface area (Å²) in [4.78, 5) is 14.0. The summed E-state index contributed by atoms with van der Waals surface area (Å²) in [6.07, 6.45) is 6.16. The van der Waals surface area contributed by atoms with Crippen molar-refractivity contribution in [2.75, 3.05) is 25.4 Å². The average Bonchev–Trinajstić information content (AvgIpc) is 2.38. The molecular weight excluding hydrogens is 232 g/mol. The molecule has 0 spiro atoms. The molecule has 4 heteroatoms. The molecule has 2 heterocycles. The van der Waals surface area contributed by atoms with E-state index in [4.69, 9.17) is 0 Å². The topological polar surface area (TPSA) is 32.3 Å². The highest BCUT2D eigenvalue weighted by Gasteiger charge is 2.23. The number of nitrogens with one attached hydrogen (secondary N) is 1. The number of rotatable bonds is 3. The fraction of sp³-hybridized carbons (Fsp3) is 0.923. The van der Waals surface area contributed by atoms with Crippen molar-refractivity contribution in [3.63, 3.8) is 0 Å². The van der Waals surface area contributed by atoms with Crippen LogP contribution in [0.4, 0.5) is 0 Å². The fourth-order valence-corrected chi connectivity index (χ4v) is 3.83. The van der Waals surface area contributed by atoms with Gasteiger partial charge in [-0.2, -0.15) is 11.8 Å². The molecule has 98 valence electrons. The number of carbonyl (C=O) groups excluding carboxylic acids is 1. The number of hydrogen-bond acceptors (Lipinski definition) is 3. The van der Waals surface area contributed by atoms with Gasteiger partial charge in [0.1, 0.15) is 0 Å². The highest BCUT2D eigenvalue weighted by atomic mass is 32.2. The van der Waals surface area contributed by atoms with Crippen LogP contribution in [-0.4, -0.2) is 47.5 Å². The number of piperidine rings is 1. The lowest BCUT2D eigenvalue weighted by Crippen LogP contribution is -2.46. The number of nitrogens with zero attached hydrogens (tertiary/aromatic N) is 1. The van der Waals surface area contributed by atoms with Crippen molar-refractivity contribution in [3.05, 3.63) is 0 Å². The van der Waals surface area contributed by atoms with Crippen LogP contribution in [-0.2, 0) is 4.79 Å². The van der Waals surface area contributed by atoms with Crippen LogP contribution in [0, 0.1) is 0 Å². The zero-order chi connectivity index (χ0) is 12.1. The zero-order valence-corrected chi connectivity index (χ0v) is 11.6. The maximum absolute atomic E-state index is 12.0. The molecule has 0 saturated carbocycles. The second-order valence-corrected chi connectivity index (χ2v) is 6.63. The van der Waals surface area contributed by atoms with E-state index in [2.05, 4.69) is 12.2 Å². The normalized spacial score (nSPS) is 30.3. The van der Waals surface area contributed by atoms with Crippen LogP contribution < -0.4 is 5.32 Å². The lowest BCUT2D eigenvalue weighted by atomic mass is 10.1. The second-order valence-electron chi connectivity index (χ2n) is 5.15. The lowest BCUT2D eigenvalue weighted by molar-refractivity contribution is -0.131. The minimum absolute atomic E-state index is 0.299. The van der Waals surface area contributed by atoms with Gasteiger partial charge in [-0.05, 0) is 37.9 Å². The molecule has 2 atom stereocenters. The molecule has 0 radical (unpaired) electrons. The Bertz CT molecular complexity index is 254. The third kappa shape index (κ3) is 3.88. The van der Waals surface area contributed by atoms with Gasteiger partial charge in [-0.25, -0.2) is 0 Å². The molecule has 17 heavy (non-hydrogen) atoms. The van der Waals surface area contributed by atoms with E-state index in [1.165, 1.54) is 37.9 Å². The summed E-state index contributed by atoms with van der Waals surface area (Å²) < 4.78 is 0. The summed E-state index contributed by atoms with van der Waals surface area (Å²) in [7, 11) is 0. The van der Waals surface area contributed by atoms with Gasteiger partial charge in [0.15, 0.2) is 0 Å². The number of hydrogen-bond donors (Lipinski definition) is 1. The quantitative estimate of drug-likeness (QED) is 0.837. The molecule has 1 amide bonds. The molecule has 3 nitrogen and oxygen atoms in total. The highest BCUT2D eigenvalue weighted by molar-refractivity contribution is 7.99. The molecule has 2 fully saturated rings.